The van der Waals surface area contributed by atoms with Gasteiger partial charge in [0.25, 0.3) is 11.8 Å². The highest BCUT2D eigenvalue weighted by atomic mass is 32.1. The first-order valence-corrected chi connectivity index (χ1v) is 9.95. The lowest BCUT2D eigenvalue weighted by molar-refractivity contribution is -0.120. The lowest BCUT2D eigenvalue weighted by atomic mass is 10.2. The van der Waals surface area contributed by atoms with E-state index in [1.807, 2.05) is 6.07 Å². The zero-order chi connectivity index (χ0) is 21.3. The molecule has 1 aliphatic heterocycles. The molecule has 1 unspecified atom stereocenters. The summed E-state index contributed by atoms with van der Waals surface area (Å²) < 4.78 is 0.810. The molecule has 0 radical (unpaired) electrons. The molecule has 152 valence electrons. The highest BCUT2D eigenvalue weighted by Gasteiger charge is 2.31. The van der Waals surface area contributed by atoms with Gasteiger partial charge in [0.05, 0.1) is 15.9 Å². The Morgan fingerprint density at radius 1 is 1.13 bits per heavy atom. The second-order valence-corrected chi connectivity index (χ2v) is 7.64. The number of fused-ring (bicyclic) bond motifs is 1. The number of hydrazine groups is 1. The maximum atomic E-state index is 12.8. The number of aliphatic imine (C=N–C) groups is 1. The summed E-state index contributed by atoms with van der Waals surface area (Å²) in [5.41, 5.74) is 4.74. The SMILES string of the molecule is CC(=O)Nc1ccc2nc(NC(=O)C3=NC(C)C(=O)N(c4ccccc4)N3)sc2c1. The molecule has 4 rings (SSSR count). The number of benzene rings is 2. The van der Waals surface area contributed by atoms with Crippen LogP contribution in [-0.2, 0) is 14.4 Å². The Kier molecular flexibility index (Phi) is 5.15. The lowest BCUT2D eigenvalue weighted by Crippen LogP contribution is -2.57. The number of amides is 3. The van der Waals surface area contributed by atoms with E-state index >= 15 is 0 Å². The van der Waals surface area contributed by atoms with Gasteiger partial charge in [0, 0.05) is 12.6 Å². The number of hydrogen-bond donors (Lipinski definition) is 3. The number of carbonyl (C=O) groups is 3. The third kappa shape index (κ3) is 3.98. The lowest BCUT2D eigenvalue weighted by Gasteiger charge is -2.30. The number of para-hydroxylation sites is 1. The fourth-order valence-electron chi connectivity index (χ4n) is 2.92. The van der Waals surface area contributed by atoms with Crippen LogP contribution < -0.4 is 21.1 Å². The molecule has 3 amide bonds. The molecule has 0 aliphatic carbocycles. The third-order valence-corrected chi connectivity index (χ3v) is 5.21. The molecule has 0 fully saturated rings. The van der Waals surface area contributed by atoms with Crippen LogP contribution in [0, 0.1) is 0 Å². The molecule has 1 atom stereocenters. The fraction of sp³-hybridized carbons (Fsp3) is 0.150. The second kappa shape index (κ2) is 7.91. The van der Waals surface area contributed by atoms with Crippen molar-refractivity contribution in [2.45, 2.75) is 19.9 Å². The van der Waals surface area contributed by atoms with Crippen molar-refractivity contribution in [3.8, 4) is 0 Å². The smallest absolute Gasteiger partial charge is 0.294 e. The molecular weight excluding hydrogens is 404 g/mol. The average Bonchev–Trinajstić information content (AvgIpc) is 3.11. The van der Waals surface area contributed by atoms with Crippen molar-refractivity contribution in [3.05, 3.63) is 48.5 Å². The van der Waals surface area contributed by atoms with E-state index in [1.165, 1.54) is 23.3 Å². The van der Waals surface area contributed by atoms with Gasteiger partial charge in [0.1, 0.15) is 6.04 Å². The van der Waals surface area contributed by atoms with Crippen LogP contribution in [0.15, 0.2) is 53.5 Å². The number of aromatic nitrogens is 1. The highest BCUT2D eigenvalue weighted by Crippen LogP contribution is 2.28. The van der Waals surface area contributed by atoms with Crippen LogP contribution >= 0.6 is 11.3 Å². The van der Waals surface area contributed by atoms with Gasteiger partial charge in [-0.05, 0) is 37.3 Å². The molecule has 2 heterocycles. The molecule has 10 heteroatoms. The number of amidine groups is 1. The first-order chi connectivity index (χ1) is 14.4. The van der Waals surface area contributed by atoms with Crippen molar-refractivity contribution in [1.29, 1.82) is 0 Å². The van der Waals surface area contributed by atoms with Gasteiger partial charge in [-0.2, -0.15) is 0 Å². The van der Waals surface area contributed by atoms with Crippen LogP contribution in [0.2, 0.25) is 0 Å². The van der Waals surface area contributed by atoms with E-state index in [9.17, 15) is 14.4 Å². The molecule has 9 nitrogen and oxygen atoms in total. The maximum Gasteiger partial charge on any atom is 0.294 e. The van der Waals surface area contributed by atoms with Crippen LogP contribution in [0.25, 0.3) is 10.2 Å². The minimum absolute atomic E-state index is 0.0177. The first-order valence-electron chi connectivity index (χ1n) is 9.14. The molecule has 0 saturated carbocycles. The Morgan fingerprint density at radius 2 is 1.90 bits per heavy atom. The Balaban J connectivity index is 1.53. The number of nitrogens with zero attached hydrogens (tertiary/aromatic N) is 3. The van der Waals surface area contributed by atoms with Gasteiger partial charge >= 0.3 is 0 Å². The Labute approximate surface area is 175 Å². The van der Waals surface area contributed by atoms with E-state index in [-0.39, 0.29) is 17.6 Å². The largest absolute Gasteiger partial charge is 0.326 e. The zero-order valence-electron chi connectivity index (χ0n) is 16.2. The van der Waals surface area contributed by atoms with Crippen molar-refractivity contribution in [3.63, 3.8) is 0 Å². The molecule has 2 aromatic carbocycles. The van der Waals surface area contributed by atoms with E-state index in [4.69, 9.17) is 0 Å². The van der Waals surface area contributed by atoms with Gasteiger partial charge in [-0.25, -0.2) is 15.0 Å². The predicted molar refractivity (Wildman–Crippen MR) is 117 cm³/mol. The van der Waals surface area contributed by atoms with Gasteiger partial charge in [-0.1, -0.05) is 29.5 Å². The van der Waals surface area contributed by atoms with Crippen molar-refractivity contribution < 1.29 is 14.4 Å². The summed E-state index contributed by atoms with van der Waals surface area (Å²) in [6, 6.07) is 13.6. The van der Waals surface area contributed by atoms with Gasteiger partial charge in [0.15, 0.2) is 5.13 Å². The van der Waals surface area contributed by atoms with E-state index in [0.29, 0.717) is 22.0 Å². The number of nitrogens with one attached hydrogen (secondary N) is 3. The standard InChI is InChI=1S/C20H18N6O3S/c1-11-19(29)26(14-6-4-3-5-7-14)25-17(21-11)18(28)24-20-23-15-9-8-13(22-12(2)27)10-16(15)30-20/h3-11H,1-2H3,(H,21,25)(H,22,27)(H,23,24,28). The van der Waals surface area contributed by atoms with Crippen molar-refractivity contribution >= 4 is 61.6 Å². The summed E-state index contributed by atoms with van der Waals surface area (Å²) in [5.74, 6) is -0.913. The predicted octanol–water partition coefficient (Wildman–Crippen LogP) is 2.53. The molecule has 0 bridgehead atoms. The van der Waals surface area contributed by atoms with E-state index < -0.39 is 11.9 Å². The molecule has 0 saturated heterocycles. The molecule has 30 heavy (non-hydrogen) atoms. The first kappa shape index (κ1) is 19.5. The summed E-state index contributed by atoms with van der Waals surface area (Å²) in [7, 11) is 0. The van der Waals surface area contributed by atoms with Crippen molar-refractivity contribution in [1.82, 2.24) is 10.4 Å². The minimum atomic E-state index is -0.706. The minimum Gasteiger partial charge on any atom is -0.326 e. The molecule has 1 aromatic heterocycles. The Morgan fingerprint density at radius 3 is 2.63 bits per heavy atom. The number of anilines is 3. The quantitative estimate of drug-likeness (QED) is 0.598. The second-order valence-electron chi connectivity index (χ2n) is 6.61. The van der Waals surface area contributed by atoms with Crippen LogP contribution in [-0.4, -0.2) is 34.6 Å². The highest BCUT2D eigenvalue weighted by molar-refractivity contribution is 7.22. The normalized spacial score (nSPS) is 16.1. The van der Waals surface area contributed by atoms with Gasteiger partial charge in [-0.3, -0.25) is 25.1 Å². The fourth-order valence-corrected chi connectivity index (χ4v) is 3.82. The van der Waals surface area contributed by atoms with Gasteiger partial charge < -0.3 is 5.32 Å². The molecule has 1 aliphatic rings. The number of thiazole rings is 1. The maximum absolute atomic E-state index is 12.8. The summed E-state index contributed by atoms with van der Waals surface area (Å²) in [5, 5.41) is 7.13. The van der Waals surface area contributed by atoms with E-state index in [1.54, 1.807) is 49.4 Å². The van der Waals surface area contributed by atoms with E-state index in [2.05, 4.69) is 26.0 Å². The molecular formula is C20H18N6O3S. The third-order valence-electron chi connectivity index (χ3n) is 4.28. The van der Waals surface area contributed by atoms with Crippen molar-refractivity contribution in [2.24, 2.45) is 4.99 Å². The van der Waals surface area contributed by atoms with Crippen LogP contribution in [0.5, 0.6) is 0 Å². The van der Waals surface area contributed by atoms with Crippen LogP contribution in [0.1, 0.15) is 13.8 Å². The summed E-state index contributed by atoms with van der Waals surface area (Å²) in [4.78, 5) is 45.0. The molecule has 3 aromatic rings. The summed E-state index contributed by atoms with van der Waals surface area (Å²) in [6.45, 7) is 3.07. The number of carbonyl (C=O) groups excluding carboxylic acids is 3. The number of rotatable bonds is 4. The molecule has 0 spiro atoms. The average molecular weight is 422 g/mol. The Hall–Kier alpha value is -3.79. The summed E-state index contributed by atoms with van der Waals surface area (Å²) in [6.07, 6.45) is 0. The number of hydrogen-bond acceptors (Lipinski definition) is 7. The van der Waals surface area contributed by atoms with Crippen molar-refractivity contribution in [2.75, 3.05) is 15.6 Å². The van der Waals surface area contributed by atoms with Crippen LogP contribution in [0.4, 0.5) is 16.5 Å². The van der Waals surface area contributed by atoms with Gasteiger partial charge in [0.2, 0.25) is 11.7 Å². The van der Waals surface area contributed by atoms with Crippen LogP contribution in [0.3, 0.4) is 0 Å². The Bertz CT molecular complexity index is 1170. The summed E-state index contributed by atoms with van der Waals surface area (Å²) >= 11 is 1.27. The van der Waals surface area contributed by atoms with Gasteiger partial charge in [-0.15, -0.1) is 0 Å². The van der Waals surface area contributed by atoms with E-state index in [0.717, 1.165) is 4.70 Å². The topological polar surface area (TPSA) is 116 Å². The zero-order valence-corrected chi connectivity index (χ0v) is 17.0. The monoisotopic (exact) mass is 422 g/mol. The molecule has 3 N–H and O–H groups in total.